The van der Waals surface area contributed by atoms with Gasteiger partial charge in [-0.25, -0.2) is 9.59 Å². The van der Waals surface area contributed by atoms with Gasteiger partial charge >= 0.3 is 12.1 Å². The fourth-order valence-corrected chi connectivity index (χ4v) is 2.82. The van der Waals surface area contributed by atoms with E-state index in [9.17, 15) is 14.4 Å². The zero-order valence-electron chi connectivity index (χ0n) is 12.7. The average Bonchev–Trinajstić information content (AvgIpc) is 3.15. The Morgan fingerprint density at radius 2 is 2.04 bits per heavy atom. The zero-order chi connectivity index (χ0) is 16.4. The monoisotopic (exact) mass is 318 g/mol. The molecule has 23 heavy (non-hydrogen) atoms. The maximum atomic E-state index is 12.3. The van der Waals surface area contributed by atoms with Crippen molar-refractivity contribution in [3.05, 3.63) is 24.3 Å². The zero-order valence-corrected chi connectivity index (χ0v) is 12.7. The minimum atomic E-state index is -0.377. The van der Waals surface area contributed by atoms with Gasteiger partial charge in [0.1, 0.15) is 5.75 Å². The summed E-state index contributed by atoms with van der Waals surface area (Å²) in [5.74, 6) is 0.472. The first-order chi connectivity index (χ1) is 11.1. The van der Waals surface area contributed by atoms with Crippen LogP contribution in [0.5, 0.6) is 5.75 Å². The molecule has 2 aliphatic heterocycles. The van der Waals surface area contributed by atoms with Crippen molar-refractivity contribution >= 4 is 23.7 Å². The molecule has 2 aliphatic rings. The van der Waals surface area contributed by atoms with Crippen LogP contribution in [0.1, 0.15) is 6.42 Å². The number of carbonyl (C=O) groups is 3. The highest BCUT2D eigenvalue weighted by Gasteiger charge is 2.39. The average molecular weight is 318 g/mol. The Balaban J connectivity index is 1.58. The number of rotatable bonds is 3. The number of hydrogen-bond donors (Lipinski definition) is 2. The molecule has 2 saturated heterocycles. The molecule has 8 nitrogen and oxygen atoms in total. The van der Waals surface area contributed by atoms with Gasteiger partial charge in [0, 0.05) is 18.8 Å². The number of hydrogen-bond acceptors (Lipinski definition) is 4. The van der Waals surface area contributed by atoms with Crippen molar-refractivity contribution in [2.75, 3.05) is 32.1 Å². The van der Waals surface area contributed by atoms with Crippen molar-refractivity contribution in [3.8, 4) is 5.75 Å². The van der Waals surface area contributed by atoms with Crippen LogP contribution in [0.4, 0.5) is 15.3 Å². The second kappa shape index (κ2) is 6.15. The molecule has 0 aromatic heterocycles. The van der Waals surface area contributed by atoms with Gasteiger partial charge in [-0.15, -0.1) is 0 Å². The first-order valence-electron chi connectivity index (χ1n) is 7.38. The molecule has 2 heterocycles. The minimum absolute atomic E-state index is 0.0351. The highest BCUT2D eigenvalue weighted by atomic mass is 16.5. The Morgan fingerprint density at radius 1 is 1.30 bits per heavy atom. The predicted molar refractivity (Wildman–Crippen MR) is 82.2 cm³/mol. The molecule has 0 spiro atoms. The van der Waals surface area contributed by atoms with Crippen molar-refractivity contribution in [2.45, 2.75) is 12.5 Å². The van der Waals surface area contributed by atoms with Crippen molar-refractivity contribution in [3.63, 3.8) is 0 Å². The number of amides is 5. The van der Waals surface area contributed by atoms with Gasteiger partial charge in [-0.3, -0.25) is 9.69 Å². The van der Waals surface area contributed by atoms with Crippen LogP contribution in [0.15, 0.2) is 24.3 Å². The van der Waals surface area contributed by atoms with E-state index >= 15 is 0 Å². The first-order valence-corrected chi connectivity index (χ1v) is 7.38. The van der Waals surface area contributed by atoms with Crippen LogP contribution in [0, 0.1) is 0 Å². The fraction of sp³-hybridized carbons (Fsp3) is 0.400. The highest BCUT2D eigenvalue weighted by Crippen LogP contribution is 2.20. The summed E-state index contributed by atoms with van der Waals surface area (Å²) in [4.78, 5) is 38.5. The number of ether oxygens (including phenoxy) is 1. The molecule has 0 aliphatic carbocycles. The summed E-state index contributed by atoms with van der Waals surface area (Å²) in [6, 6.07) is 6.14. The van der Waals surface area contributed by atoms with E-state index in [1.165, 1.54) is 4.90 Å². The molecule has 0 bridgehead atoms. The summed E-state index contributed by atoms with van der Waals surface area (Å²) >= 11 is 0. The van der Waals surface area contributed by atoms with E-state index in [-0.39, 0.29) is 30.6 Å². The molecular weight excluding hydrogens is 300 g/mol. The number of carbonyl (C=O) groups excluding carboxylic acids is 3. The van der Waals surface area contributed by atoms with Gasteiger partial charge in [-0.05, 0) is 30.7 Å². The van der Waals surface area contributed by atoms with Crippen molar-refractivity contribution < 1.29 is 19.1 Å². The van der Waals surface area contributed by atoms with E-state index in [1.807, 2.05) is 0 Å². The summed E-state index contributed by atoms with van der Waals surface area (Å²) in [5, 5.41) is 5.29. The topological polar surface area (TPSA) is 91.0 Å². The second-order valence-corrected chi connectivity index (χ2v) is 5.47. The van der Waals surface area contributed by atoms with Gasteiger partial charge in [0.05, 0.1) is 19.7 Å². The Morgan fingerprint density at radius 3 is 2.65 bits per heavy atom. The molecule has 0 radical (unpaired) electrons. The summed E-state index contributed by atoms with van der Waals surface area (Å²) < 4.78 is 5.07. The smallest absolute Gasteiger partial charge is 0.324 e. The minimum Gasteiger partial charge on any atom is -0.497 e. The van der Waals surface area contributed by atoms with E-state index in [4.69, 9.17) is 4.74 Å². The molecular formula is C15H18N4O4. The standard InChI is InChI=1S/C15H18N4O4/c1-23-12-4-2-10(3-5-12)17-15(22)18-7-6-11(9-18)19-13(20)8-16-14(19)21/h2-5,11H,6-9H2,1H3,(H,16,21)(H,17,22). The molecule has 1 atom stereocenters. The van der Waals surface area contributed by atoms with Crippen molar-refractivity contribution in [1.29, 1.82) is 0 Å². The van der Waals surface area contributed by atoms with E-state index in [0.29, 0.717) is 30.9 Å². The lowest BCUT2D eigenvalue weighted by atomic mass is 10.2. The number of methoxy groups -OCH3 is 1. The van der Waals surface area contributed by atoms with Crippen LogP contribution < -0.4 is 15.4 Å². The van der Waals surface area contributed by atoms with Gasteiger partial charge in [0.2, 0.25) is 5.91 Å². The summed E-state index contributed by atoms with van der Waals surface area (Å²) in [6.07, 6.45) is 0.592. The molecule has 8 heteroatoms. The number of benzene rings is 1. The Hall–Kier alpha value is -2.77. The van der Waals surface area contributed by atoms with Gasteiger partial charge < -0.3 is 20.3 Å². The number of urea groups is 2. The van der Waals surface area contributed by atoms with Crippen LogP contribution in [0.3, 0.4) is 0 Å². The summed E-state index contributed by atoms with van der Waals surface area (Å²) in [5.41, 5.74) is 0.661. The Kier molecular flexibility index (Phi) is 4.05. The first kappa shape index (κ1) is 15.1. The molecule has 122 valence electrons. The van der Waals surface area contributed by atoms with E-state index in [0.717, 1.165) is 0 Å². The van der Waals surface area contributed by atoms with Crippen LogP contribution in [-0.2, 0) is 4.79 Å². The number of nitrogens with zero attached hydrogens (tertiary/aromatic N) is 2. The number of nitrogens with one attached hydrogen (secondary N) is 2. The molecule has 2 N–H and O–H groups in total. The molecule has 1 aromatic rings. The van der Waals surface area contributed by atoms with E-state index < -0.39 is 0 Å². The number of imide groups is 1. The third-order valence-electron chi connectivity index (χ3n) is 4.04. The maximum absolute atomic E-state index is 12.3. The third kappa shape index (κ3) is 3.05. The quantitative estimate of drug-likeness (QED) is 0.809. The van der Waals surface area contributed by atoms with Crippen LogP contribution in [0.2, 0.25) is 0 Å². The summed E-state index contributed by atoms with van der Waals surface area (Å²) in [7, 11) is 1.58. The largest absolute Gasteiger partial charge is 0.497 e. The van der Waals surface area contributed by atoms with Crippen LogP contribution in [-0.4, -0.2) is 60.6 Å². The molecule has 1 unspecified atom stereocenters. The molecule has 3 rings (SSSR count). The van der Waals surface area contributed by atoms with E-state index in [1.54, 1.807) is 36.3 Å². The van der Waals surface area contributed by atoms with Gasteiger partial charge in [0.25, 0.3) is 0 Å². The van der Waals surface area contributed by atoms with Crippen molar-refractivity contribution in [2.24, 2.45) is 0 Å². The fourth-order valence-electron chi connectivity index (χ4n) is 2.82. The second-order valence-electron chi connectivity index (χ2n) is 5.47. The van der Waals surface area contributed by atoms with Gasteiger partial charge in [0.15, 0.2) is 0 Å². The van der Waals surface area contributed by atoms with Gasteiger partial charge in [-0.1, -0.05) is 0 Å². The molecule has 2 fully saturated rings. The van der Waals surface area contributed by atoms with Crippen LogP contribution in [0.25, 0.3) is 0 Å². The van der Waals surface area contributed by atoms with Crippen LogP contribution >= 0.6 is 0 Å². The number of anilines is 1. The Labute approximate surface area is 133 Å². The highest BCUT2D eigenvalue weighted by molar-refractivity contribution is 6.02. The molecule has 0 saturated carbocycles. The van der Waals surface area contributed by atoms with E-state index in [2.05, 4.69) is 10.6 Å². The predicted octanol–water partition coefficient (Wildman–Crippen LogP) is 0.853. The van der Waals surface area contributed by atoms with Crippen molar-refractivity contribution in [1.82, 2.24) is 15.1 Å². The SMILES string of the molecule is COc1ccc(NC(=O)N2CCC(N3C(=O)CNC3=O)C2)cc1. The summed E-state index contributed by atoms with van der Waals surface area (Å²) in [6.45, 7) is 0.887. The lowest BCUT2D eigenvalue weighted by Gasteiger charge is -2.21. The lowest BCUT2D eigenvalue weighted by molar-refractivity contribution is -0.126. The molecule has 1 aromatic carbocycles. The maximum Gasteiger partial charge on any atom is 0.324 e. The lowest BCUT2D eigenvalue weighted by Crippen LogP contribution is -2.43. The van der Waals surface area contributed by atoms with Gasteiger partial charge in [-0.2, -0.15) is 0 Å². The normalized spacial score (nSPS) is 20.7. The third-order valence-corrected chi connectivity index (χ3v) is 4.04. The molecule has 5 amide bonds. The number of likely N-dealkylation sites (tertiary alicyclic amines) is 1. The Bertz CT molecular complexity index is 615.